The summed E-state index contributed by atoms with van der Waals surface area (Å²) in [4.78, 5) is 0. The quantitative estimate of drug-likeness (QED) is 0.614. The maximum Gasteiger partial charge on any atom is 0.494 e. The number of hydrogen-bond donors (Lipinski definition) is 0. The van der Waals surface area contributed by atoms with E-state index in [1.165, 1.54) is 0 Å². The summed E-state index contributed by atoms with van der Waals surface area (Å²) in [6.07, 6.45) is 1.57. The molecule has 0 aromatic heterocycles. The lowest BCUT2D eigenvalue weighted by atomic mass is 9.78. The Morgan fingerprint density at radius 3 is 2.04 bits per heavy atom. The van der Waals surface area contributed by atoms with E-state index in [0.717, 1.165) is 22.2 Å². The van der Waals surface area contributed by atoms with E-state index in [0.29, 0.717) is 0 Å². The Morgan fingerprint density at radius 1 is 0.889 bits per heavy atom. The van der Waals surface area contributed by atoms with Gasteiger partial charge in [0.2, 0.25) is 0 Å². The molecule has 1 fully saturated rings. The molecule has 2 aromatic rings. The molecule has 4 nitrogen and oxygen atoms in total. The Kier molecular flexibility index (Phi) is 4.94. The number of nitriles is 2. The first-order chi connectivity index (χ1) is 12.8. The largest absolute Gasteiger partial charge is 0.494 e. The molecule has 27 heavy (non-hydrogen) atoms. The average molecular weight is 356 g/mol. The second kappa shape index (κ2) is 7.04. The van der Waals surface area contributed by atoms with Crippen LogP contribution in [-0.4, -0.2) is 18.3 Å². The van der Waals surface area contributed by atoms with E-state index in [-0.39, 0.29) is 16.8 Å². The second-order valence-electron chi connectivity index (χ2n) is 7.62. The Bertz CT molecular complexity index is 931. The van der Waals surface area contributed by atoms with Gasteiger partial charge >= 0.3 is 7.12 Å². The van der Waals surface area contributed by atoms with Crippen molar-refractivity contribution in [3.05, 3.63) is 59.7 Å². The predicted molar refractivity (Wildman–Crippen MR) is 107 cm³/mol. The molecule has 0 saturated carbocycles. The molecule has 3 rings (SSSR count). The SMILES string of the molecule is CC1(C)OB(c2cccc(-c3ccc(C=C(C#N)C#N)cc3)c2)OC1(C)C. The average Bonchev–Trinajstić information content (AvgIpc) is 2.88. The van der Waals surface area contributed by atoms with Crippen LogP contribution in [0.5, 0.6) is 0 Å². The van der Waals surface area contributed by atoms with E-state index in [4.69, 9.17) is 19.8 Å². The van der Waals surface area contributed by atoms with Gasteiger partial charge in [-0.2, -0.15) is 10.5 Å². The van der Waals surface area contributed by atoms with Gasteiger partial charge in [0.25, 0.3) is 0 Å². The van der Waals surface area contributed by atoms with Crippen LogP contribution >= 0.6 is 0 Å². The minimum Gasteiger partial charge on any atom is -0.399 e. The molecule has 1 heterocycles. The van der Waals surface area contributed by atoms with Gasteiger partial charge in [0.15, 0.2) is 0 Å². The van der Waals surface area contributed by atoms with Gasteiger partial charge < -0.3 is 9.31 Å². The van der Waals surface area contributed by atoms with Crippen LogP contribution in [0.3, 0.4) is 0 Å². The minimum absolute atomic E-state index is 0.0884. The number of benzene rings is 2. The zero-order chi connectivity index (χ0) is 19.7. The van der Waals surface area contributed by atoms with Crippen LogP contribution in [0.25, 0.3) is 17.2 Å². The normalized spacial score (nSPS) is 17.0. The molecular weight excluding hydrogens is 335 g/mol. The molecular formula is C22H21BN2O2. The van der Waals surface area contributed by atoms with Gasteiger partial charge in [0, 0.05) is 0 Å². The maximum atomic E-state index is 8.86. The van der Waals surface area contributed by atoms with E-state index in [1.54, 1.807) is 6.08 Å². The lowest BCUT2D eigenvalue weighted by Crippen LogP contribution is -2.41. The van der Waals surface area contributed by atoms with Crippen LogP contribution in [-0.2, 0) is 9.31 Å². The van der Waals surface area contributed by atoms with Crippen LogP contribution in [0.15, 0.2) is 54.1 Å². The van der Waals surface area contributed by atoms with Crippen LogP contribution < -0.4 is 5.46 Å². The van der Waals surface area contributed by atoms with Gasteiger partial charge in [-0.15, -0.1) is 0 Å². The highest BCUT2D eigenvalue weighted by Crippen LogP contribution is 2.36. The van der Waals surface area contributed by atoms with Crippen molar-refractivity contribution in [2.75, 3.05) is 0 Å². The molecule has 0 spiro atoms. The van der Waals surface area contributed by atoms with Crippen LogP contribution in [0, 0.1) is 22.7 Å². The summed E-state index contributed by atoms with van der Waals surface area (Å²) in [6, 6.07) is 19.6. The van der Waals surface area contributed by atoms with E-state index < -0.39 is 7.12 Å². The lowest BCUT2D eigenvalue weighted by Gasteiger charge is -2.32. The zero-order valence-corrected chi connectivity index (χ0v) is 16.0. The number of allylic oxidation sites excluding steroid dienone is 1. The first kappa shape index (κ1) is 18.9. The van der Waals surface area contributed by atoms with Crippen LogP contribution in [0.4, 0.5) is 0 Å². The molecule has 0 amide bonds. The molecule has 1 aliphatic rings. The predicted octanol–water partition coefficient (Wildman–Crippen LogP) is 4.08. The summed E-state index contributed by atoms with van der Waals surface area (Å²) < 4.78 is 12.3. The topological polar surface area (TPSA) is 66.0 Å². The molecule has 0 radical (unpaired) electrons. The van der Waals surface area contributed by atoms with E-state index >= 15 is 0 Å². The Hall–Kier alpha value is -2.86. The van der Waals surface area contributed by atoms with E-state index in [2.05, 4.69) is 6.07 Å². The van der Waals surface area contributed by atoms with Crippen molar-refractivity contribution in [1.29, 1.82) is 10.5 Å². The van der Waals surface area contributed by atoms with E-state index in [9.17, 15) is 0 Å². The molecule has 0 bridgehead atoms. The molecule has 1 aliphatic heterocycles. The summed E-state index contributed by atoms with van der Waals surface area (Å²) in [5.41, 5.74) is 3.23. The number of nitrogens with zero attached hydrogens (tertiary/aromatic N) is 2. The summed E-state index contributed by atoms with van der Waals surface area (Å²) in [7, 11) is -0.397. The summed E-state index contributed by atoms with van der Waals surface area (Å²) in [5.74, 6) is 0. The van der Waals surface area contributed by atoms with Crippen molar-refractivity contribution in [2.45, 2.75) is 38.9 Å². The first-order valence-electron chi connectivity index (χ1n) is 8.84. The standard InChI is InChI=1S/C22H21BN2O2/c1-21(2)22(3,4)27-23(26-21)20-7-5-6-19(13-20)18-10-8-16(9-11-18)12-17(14-24)15-25/h5-13H,1-4H3. The fourth-order valence-corrected chi connectivity index (χ4v) is 2.87. The molecule has 0 unspecified atom stereocenters. The van der Waals surface area contributed by atoms with Crippen molar-refractivity contribution < 1.29 is 9.31 Å². The molecule has 134 valence electrons. The minimum atomic E-state index is -0.397. The Labute approximate surface area is 160 Å². The van der Waals surface area contributed by atoms with Crippen molar-refractivity contribution >= 4 is 18.7 Å². The third-order valence-electron chi connectivity index (χ3n) is 5.21. The third-order valence-corrected chi connectivity index (χ3v) is 5.21. The van der Waals surface area contributed by atoms with Gasteiger partial charge in [-0.25, -0.2) is 0 Å². The van der Waals surface area contributed by atoms with Gasteiger partial charge in [0.05, 0.1) is 11.2 Å². The van der Waals surface area contributed by atoms with Gasteiger partial charge in [0.1, 0.15) is 17.7 Å². The van der Waals surface area contributed by atoms with Crippen molar-refractivity contribution in [1.82, 2.24) is 0 Å². The Balaban J connectivity index is 1.86. The van der Waals surface area contributed by atoms with Gasteiger partial charge in [-0.3, -0.25) is 0 Å². The third kappa shape index (κ3) is 3.81. The smallest absolute Gasteiger partial charge is 0.399 e. The molecule has 5 heteroatoms. The summed E-state index contributed by atoms with van der Waals surface area (Å²) >= 11 is 0. The number of rotatable bonds is 3. The highest BCUT2D eigenvalue weighted by Gasteiger charge is 2.51. The van der Waals surface area contributed by atoms with Crippen molar-refractivity contribution in [2.24, 2.45) is 0 Å². The molecule has 0 atom stereocenters. The lowest BCUT2D eigenvalue weighted by molar-refractivity contribution is 0.00578. The summed E-state index contributed by atoms with van der Waals surface area (Å²) in [5, 5.41) is 17.7. The highest BCUT2D eigenvalue weighted by molar-refractivity contribution is 6.62. The van der Waals surface area contributed by atoms with Crippen LogP contribution in [0.1, 0.15) is 33.3 Å². The van der Waals surface area contributed by atoms with Gasteiger partial charge in [-0.1, -0.05) is 48.5 Å². The van der Waals surface area contributed by atoms with E-state index in [1.807, 2.05) is 82.3 Å². The monoisotopic (exact) mass is 356 g/mol. The molecule has 2 aromatic carbocycles. The van der Waals surface area contributed by atoms with Crippen molar-refractivity contribution in [3.63, 3.8) is 0 Å². The second-order valence-corrected chi connectivity index (χ2v) is 7.62. The first-order valence-corrected chi connectivity index (χ1v) is 8.84. The van der Waals surface area contributed by atoms with Crippen molar-refractivity contribution in [3.8, 4) is 23.3 Å². The fourth-order valence-electron chi connectivity index (χ4n) is 2.87. The molecule has 1 saturated heterocycles. The highest BCUT2D eigenvalue weighted by atomic mass is 16.7. The van der Waals surface area contributed by atoms with Gasteiger partial charge in [-0.05, 0) is 55.9 Å². The summed E-state index contributed by atoms with van der Waals surface area (Å²) in [6.45, 7) is 8.17. The molecule has 0 aliphatic carbocycles. The fraction of sp³-hybridized carbons (Fsp3) is 0.273. The molecule has 0 N–H and O–H groups in total. The Morgan fingerprint density at radius 2 is 1.48 bits per heavy atom. The maximum absolute atomic E-state index is 8.86. The number of hydrogen-bond acceptors (Lipinski definition) is 4. The zero-order valence-electron chi connectivity index (χ0n) is 16.0. The van der Waals surface area contributed by atoms with Crippen LogP contribution in [0.2, 0.25) is 0 Å².